The molecule has 2 aromatic carbocycles. The van der Waals surface area contributed by atoms with Gasteiger partial charge in [-0.1, -0.05) is 24.3 Å². The molecule has 0 aliphatic carbocycles. The summed E-state index contributed by atoms with van der Waals surface area (Å²) in [7, 11) is 0. The SMILES string of the molecule is O=C1CC(c2ccc(C(F)(F)F)cc2)c2scc(-c3ccc(F)cc3)c2N1. The smallest absolute Gasteiger partial charge is 0.325 e. The van der Waals surface area contributed by atoms with Gasteiger partial charge in [-0.05, 0) is 35.4 Å². The first kappa shape index (κ1) is 17.7. The largest absolute Gasteiger partial charge is 0.416 e. The molecule has 0 saturated carbocycles. The van der Waals surface area contributed by atoms with Gasteiger partial charge in [0.25, 0.3) is 0 Å². The van der Waals surface area contributed by atoms with Gasteiger partial charge < -0.3 is 5.32 Å². The molecule has 7 heteroatoms. The van der Waals surface area contributed by atoms with Crippen molar-refractivity contribution in [2.75, 3.05) is 5.32 Å². The number of amides is 1. The van der Waals surface area contributed by atoms with Crippen LogP contribution in [0.5, 0.6) is 0 Å². The third-order valence-electron chi connectivity index (χ3n) is 4.59. The molecule has 1 aliphatic heterocycles. The first-order valence-electron chi connectivity index (χ1n) is 8.17. The monoisotopic (exact) mass is 391 g/mol. The molecule has 138 valence electrons. The van der Waals surface area contributed by atoms with E-state index in [1.807, 2.05) is 5.38 Å². The lowest BCUT2D eigenvalue weighted by molar-refractivity contribution is -0.137. The van der Waals surface area contributed by atoms with E-state index in [4.69, 9.17) is 0 Å². The van der Waals surface area contributed by atoms with E-state index in [1.54, 1.807) is 12.1 Å². The molecule has 0 spiro atoms. The average Bonchev–Trinajstić information content (AvgIpc) is 3.05. The van der Waals surface area contributed by atoms with Crippen LogP contribution in [0.4, 0.5) is 23.2 Å². The lowest BCUT2D eigenvalue weighted by Gasteiger charge is -2.24. The van der Waals surface area contributed by atoms with E-state index in [0.29, 0.717) is 11.3 Å². The van der Waals surface area contributed by atoms with Gasteiger partial charge in [-0.15, -0.1) is 11.3 Å². The van der Waals surface area contributed by atoms with E-state index in [2.05, 4.69) is 5.32 Å². The van der Waals surface area contributed by atoms with Crippen LogP contribution in [0.2, 0.25) is 0 Å². The van der Waals surface area contributed by atoms with E-state index in [0.717, 1.165) is 28.1 Å². The van der Waals surface area contributed by atoms with Crippen molar-refractivity contribution in [3.63, 3.8) is 0 Å². The number of alkyl halides is 3. The molecular formula is C20H13F4NOS. The number of hydrogen-bond acceptors (Lipinski definition) is 2. The Hall–Kier alpha value is -2.67. The van der Waals surface area contributed by atoms with E-state index in [-0.39, 0.29) is 24.1 Å². The number of anilines is 1. The van der Waals surface area contributed by atoms with Gasteiger partial charge in [-0.3, -0.25) is 4.79 Å². The second kappa shape index (κ2) is 6.49. The molecule has 2 nitrogen and oxygen atoms in total. The molecular weight excluding hydrogens is 378 g/mol. The van der Waals surface area contributed by atoms with Crippen molar-refractivity contribution in [2.45, 2.75) is 18.5 Å². The minimum Gasteiger partial charge on any atom is -0.325 e. The fourth-order valence-electron chi connectivity index (χ4n) is 3.24. The van der Waals surface area contributed by atoms with Crippen molar-refractivity contribution in [1.29, 1.82) is 0 Å². The number of carbonyl (C=O) groups is 1. The third-order valence-corrected chi connectivity index (χ3v) is 5.68. The fraction of sp³-hybridized carbons (Fsp3) is 0.150. The van der Waals surface area contributed by atoms with Crippen LogP contribution in [-0.2, 0) is 11.0 Å². The highest BCUT2D eigenvalue weighted by Gasteiger charge is 2.33. The van der Waals surface area contributed by atoms with Gasteiger partial charge in [-0.2, -0.15) is 13.2 Å². The summed E-state index contributed by atoms with van der Waals surface area (Å²) in [5, 5.41) is 4.73. The number of hydrogen-bond donors (Lipinski definition) is 1. The predicted molar refractivity (Wildman–Crippen MR) is 96.2 cm³/mol. The van der Waals surface area contributed by atoms with Gasteiger partial charge in [0.1, 0.15) is 5.82 Å². The number of carbonyl (C=O) groups excluding carboxylic acids is 1. The van der Waals surface area contributed by atoms with E-state index in [9.17, 15) is 22.4 Å². The Morgan fingerprint density at radius 1 is 1.00 bits per heavy atom. The minimum absolute atomic E-state index is 0.168. The normalized spacial score (nSPS) is 16.7. The summed E-state index contributed by atoms with van der Waals surface area (Å²) in [5.41, 5.74) is 2.13. The van der Waals surface area contributed by atoms with Gasteiger partial charge >= 0.3 is 6.18 Å². The quantitative estimate of drug-likeness (QED) is 0.530. The summed E-state index contributed by atoms with van der Waals surface area (Å²) in [6.07, 6.45) is -4.23. The topological polar surface area (TPSA) is 29.1 Å². The maximum atomic E-state index is 13.2. The molecule has 2 heterocycles. The summed E-state index contributed by atoms with van der Waals surface area (Å²) in [4.78, 5) is 13.1. The molecule has 1 aromatic heterocycles. The summed E-state index contributed by atoms with van der Waals surface area (Å²) < 4.78 is 51.6. The van der Waals surface area contributed by atoms with Gasteiger partial charge in [-0.25, -0.2) is 4.39 Å². The minimum atomic E-state index is -4.40. The molecule has 0 fully saturated rings. The molecule has 1 amide bonds. The molecule has 0 radical (unpaired) electrons. The summed E-state index contributed by atoms with van der Waals surface area (Å²) in [6.45, 7) is 0. The summed E-state index contributed by atoms with van der Waals surface area (Å²) in [6, 6.07) is 10.9. The Morgan fingerprint density at radius 3 is 2.30 bits per heavy atom. The molecule has 3 aromatic rings. The second-order valence-corrected chi connectivity index (χ2v) is 7.23. The maximum absolute atomic E-state index is 13.2. The number of fused-ring (bicyclic) bond motifs is 1. The standard InChI is InChI=1S/C20H13F4NOS/c21-14-7-3-12(4-8-14)16-10-27-19-15(9-17(26)25-18(16)19)11-1-5-13(6-2-11)20(22,23)24/h1-8,10,15H,9H2,(H,25,26). The van der Waals surface area contributed by atoms with Crippen molar-refractivity contribution in [1.82, 2.24) is 0 Å². The van der Waals surface area contributed by atoms with Gasteiger partial charge in [0.2, 0.25) is 5.91 Å². The van der Waals surface area contributed by atoms with Crippen molar-refractivity contribution in [3.05, 3.63) is 75.7 Å². The molecule has 1 atom stereocenters. The van der Waals surface area contributed by atoms with Crippen LogP contribution in [0, 0.1) is 5.82 Å². The Morgan fingerprint density at radius 2 is 1.67 bits per heavy atom. The Bertz CT molecular complexity index is 990. The van der Waals surface area contributed by atoms with Crippen LogP contribution in [0.25, 0.3) is 11.1 Å². The lowest BCUT2D eigenvalue weighted by atomic mass is 9.88. The molecule has 1 N–H and O–H groups in total. The Labute approximate surface area is 156 Å². The summed E-state index contributed by atoms with van der Waals surface area (Å²) in [5.74, 6) is -0.862. The maximum Gasteiger partial charge on any atom is 0.416 e. The van der Waals surface area contributed by atoms with Gasteiger partial charge in [0.05, 0.1) is 11.3 Å². The molecule has 1 unspecified atom stereocenters. The lowest BCUT2D eigenvalue weighted by Crippen LogP contribution is -2.22. The molecule has 1 aliphatic rings. The number of thiophene rings is 1. The van der Waals surface area contributed by atoms with Crippen molar-refractivity contribution >= 4 is 22.9 Å². The van der Waals surface area contributed by atoms with Gasteiger partial charge in [0, 0.05) is 28.2 Å². The van der Waals surface area contributed by atoms with Crippen molar-refractivity contribution in [2.24, 2.45) is 0 Å². The molecule has 0 bridgehead atoms. The summed E-state index contributed by atoms with van der Waals surface area (Å²) >= 11 is 1.44. The molecule has 4 rings (SSSR count). The van der Waals surface area contributed by atoms with E-state index in [1.165, 1.54) is 35.6 Å². The van der Waals surface area contributed by atoms with Crippen LogP contribution in [0.1, 0.15) is 28.3 Å². The number of nitrogens with one attached hydrogen (secondary N) is 1. The Kier molecular flexibility index (Phi) is 4.26. The predicted octanol–water partition coefficient (Wildman–Crippen LogP) is 6.05. The van der Waals surface area contributed by atoms with Crippen LogP contribution in [0.3, 0.4) is 0 Å². The fourth-order valence-corrected chi connectivity index (χ4v) is 4.40. The van der Waals surface area contributed by atoms with Crippen LogP contribution < -0.4 is 5.32 Å². The zero-order valence-electron chi connectivity index (χ0n) is 13.8. The van der Waals surface area contributed by atoms with Crippen molar-refractivity contribution in [3.8, 4) is 11.1 Å². The molecule has 0 saturated heterocycles. The third kappa shape index (κ3) is 3.35. The van der Waals surface area contributed by atoms with E-state index < -0.39 is 11.7 Å². The highest BCUT2D eigenvalue weighted by molar-refractivity contribution is 7.11. The molecule has 27 heavy (non-hydrogen) atoms. The van der Waals surface area contributed by atoms with Crippen LogP contribution in [-0.4, -0.2) is 5.91 Å². The Balaban J connectivity index is 1.74. The number of halogens is 4. The average molecular weight is 391 g/mol. The van der Waals surface area contributed by atoms with Crippen molar-refractivity contribution < 1.29 is 22.4 Å². The highest BCUT2D eigenvalue weighted by Crippen LogP contribution is 2.46. The first-order valence-corrected chi connectivity index (χ1v) is 9.05. The zero-order valence-corrected chi connectivity index (χ0v) is 14.6. The zero-order chi connectivity index (χ0) is 19.2. The van der Waals surface area contributed by atoms with E-state index >= 15 is 0 Å². The number of benzene rings is 2. The van der Waals surface area contributed by atoms with Crippen LogP contribution >= 0.6 is 11.3 Å². The highest BCUT2D eigenvalue weighted by atomic mass is 32.1. The second-order valence-electron chi connectivity index (χ2n) is 6.32. The number of rotatable bonds is 2. The van der Waals surface area contributed by atoms with Gasteiger partial charge in [0.15, 0.2) is 0 Å². The first-order chi connectivity index (χ1) is 12.8. The van der Waals surface area contributed by atoms with Crippen LogP contribution in [0.15, 0.2) is 53.9 Å².